The Balaban J connectivity index is 1.78. The molecule has 228 valence electrons. The fourth-order valence-electron chi connectivity index (χ4n) is 5.13. The summed E-state index contributed by atoms with van der Waals surface area (Å²) in [6.07, 6.45) is 1.81. The third-order valence-electron chi connectivity index (χ3n) is 7.53. The number of anilines is 1. The molecule has 0 aliphatic heterocycles. The number of halogens is 1. The van der Waals surface area contributed by atoms with Crippen molar-refractivity contribution < 1.29 is 24.2 Å². The van der Waals surface area contributed by atoms with E-state index < -0.39 is 35.6 Å². The van der Waals surface area contributed by atoms with Gasteiger partial charge in [0, 0.05) is 12.5 Å². The van der Waals surface area contributed by atoms with E-state index in [1.807, 2.05) is 43.3 Å². The molecule has 8 nitrogen and oxygen atoms in total. The molecule has 1 aliphatic carbocycles. The van der Waals surface area contributed by atoms with E-state index in [0.717, 1.165) is 17.5 Å². The van der Waals surface area contributed by atoms with E-state index in [9.17, 15) is 19.5 Å². The Morgan fingerprint density at radius 2 is 1.70 bits per heavy atom. The van der Waals surface area contributed by atoms with Crippen molar-refractivity contribution in [2.24, 2.45) is 0 Å². The molecule has 0 saturated heterocycles. The van der Waals surface area contributed by atoms with Crippen LogP contribution in [0.2, 0.25) is 5.02 Å². The molecule has 0 bridgehead atoms. The van der Waals surface area contributed by atoms with Crippen molar-refractivity contribution in [2.75, 3.05) is 5.32 Å². The molecule has 3 N–H and O–H groups in total. The van der Waals surface area contributed by atoms with E-state index >= 15 is 0 Å². The monoisotopic (exact) mass is 605 g/mol. The first-order valence-corrected chi connectivity index (χ1v) is 14.9. The Morgan fingerprint density at radius 1 is 1.00 bits per heavy atom. The van der Waals surface area contributed by atoms with Crippen LogP contribution in [0.5, 0.6) is 5.75 Å². The van der Waals surface area contributed by atoms with E-state index in [4.69, 9.17) is 16.3 Å². The van der Waals surface area contributed by atoms with Gasteiger partial charge in [-0.1, -0.05) is 60.1 Å². The Kier molecular flexibility index (Phi) is 10.0. The normalized spacial score (nSPS) is 14.7. The molecule has 1 fully saturated rings. The number of phenols is 1. The van der Waals surface area contributed by atoms with Crippen LogP contribution in [-0.4, -0.2) is 45.6 Å². The quantitative estimate of drug-likeness (QED) is 0.247. The van der Waals surface area contributed by atoms with Crippen molar-refractivity contribution in [3.05, 3.63) is 94.0 Å². The third kappa shape index (κ3) is 8.08. The number of carbonyl (C=O) groups is 3. The highest BCUT2D eigenvalue weighted by Gasteiger charge is 2.42. The predicted octanol–water partition coefficient (Wildman–Crippen LogP) is 6.86. The number of amides is 3. The van der Waals surface area contributed by atoms with Crippen LogP contribution in [-0.2, 0) is 20.7 Å². The smallest absolute Gasteiger partial charge is 0.408 e. The van der Waals surface area contributed by atoms with E-state index in [1.54, 1.807) is 56.9 Å². The first-order chi connectivity index (χ1) is 20.3. The highest BCUT2D eigenvalue weighted by atomic mass is 35.5. The Labute approximate surface area is 258 Å². The van der Waals surface area contributed by atoms with Crippen molar-refractivity contribution in [3.8, 4) is 5.75 Å². The average molecular weight is 606 g/mol. The molecule has 43 heavy (non-hydrogen) atoms. The summed E-state index contributed by atoms with van der Waals surface area (Å²) in [6, 6.07) is 17.3. The third-order valence-corrected chi connectivity index (χ3v) is 7.84. The number of phenolic OH excluding ortho intramolecular Hbond substituents is 1. The number of carbonyl (C=O) groups excluding carboxylic acids is 3. The van der Waals surface area contributed by atoms with Gasteiger partial charge in [0.1, 0.15) is 23.4 Å². The minimum absolute atomic E-state index is 0.0833. The van der Waals surface area contributed by atoms with Gasteiger partial charge >= 0.3 is 6.09 Å². The maximum atomic E-state index is 14.6. The van der Waals surface area contributed by atoms with Crippen LogP contribution >= 0.6 is 11.6 Å². The number of benzene rings is 3. The second kappa shape index (κ2) is 13.5. The van der Waals surface area contributed by atoms with Gasteiger partial charge < -0.3 is 25.4 Å². The van der Waals surface area contributed by atoms with E-state index in [-0.39, 0.29) is 18.2 Å². The molecule has 3 aromatic carbocycles. The number of aryl methyl sites for hydroxylation is 2. The van der Waals surface area contributed by atoms with Gasteiger partial charge in [-0.3, -0.25) is 9.59 Å². The largest absolute Gasteiger partial charge is 0.508 e. The van der Waals surface area contributed by atoms with Gasteiger partial charge in [-0.05, 0) is 94.3 Å². The summed E-state index contributed by atoms with van der Waals surface area (Å²) in [5.74, 6) is -0.765. The van der Waals surface area contributed by atoms with Crippen LogP contribution in [0.4, 0.5) is 10.5 Å². The molecular weight excluding hydrogens is 566 g/mol. The number of rotatable bonds is 9. The van der Waals surface area contributed by atoms with Gasteiger partial charge in [-0.15, -0.1) is 0 Å². The van der Waals surface area contributed by atoms with Crippen molar-refractivity contribution in [3.63, 3.8) is 0 Å². The molecule has 0 spiro atoms. The molecule has 0 heterocycles. The van der Waals surface area contributed by atoms with Crippen LogP contribution in [0.3, 0.4) is 0 Å². The van der Waals surface area contributed by atoms with E-state index in [1.165, 1.54) is 6.07 Å². The lowest BCUT2D eigenvalue weighted by atomic mass is 9.87. The fourth-order valence-corrected chi connectivity index (χ4v) is 5.40. The standard InChI is InChI=1S/C34H40ClN3O5/c1-21-11-9-16-26(35)29(21)37-31(40)30(24-17-18-28(39)22(2)19-24)38(25-14-10-15-25)32(41)27(20-23-12-7-6-8-13-23)36-33(42)43-34(3,4)5/h6-9,11-13,16-19,25,27,30,39H,10,14-15,20H2,1-5H3,(H,36,42)(H,37,40). The van der Waals surface area contributed by atoms with Gasteiger partial charge in [-0.2, -0.15) is 0 Å². The topological polar surface area (TPSA) is 108 Å². The van der Waals surface area contributed by atoms with Gasteiger partial charge in [-0.25, -0.2) is 4.79 Å². The number of ether oxygens (including phenoxy) is 1. The summed E-state index contributed by atoms with van der Waals surface area (Å²) in [5, 5.41) is 16.4. The lowest BCUT2D eigenvalue weighted by molar-refractivity contribution is -0.145. The van der Waals surface area contributed by atoms with Crippen LogP contribution in [0.25, 0.3) is 0 Å². The number of hydrogen-bond acceptors (Lipinski definition) is 5. The molecular formula is C34H40ClN3O5. The highest BCUT2D eigenvalue weighted by molar-refractivity contribution is 6.34. The second-order valence-corrected chi connectivity index (χ2v) is 12.5. The lowest BCUT2D eigenvalue weighted by Gasteiger charge is -2.43. The van der Waals surface area contributed by atoms with Crippen molar-refractivity contribution in [1.29, 1.82) is 0 Å². The Morgan fingerprint density at radius 3 is 2.28 bits per heavy atom. The summed E-state index contributed by atoms with van der Waals surface area (Å²) in [5.41, 5.74) is 2.42. The fraction of sp³-hybridized carbons (Fsp3) is 0.382. The summed E-state index contributed by atoms with van der Waals surface area (Å²) >= 11 is 6.47. The number of alkyl carbamates (subject to hydrolysis) is 1. The predicted molar refractivity (Wildman–Crippen MR) is 168 cm³/mol. The lowest BCUT2D eigenvalue weighted by Crippen LogP contribution is -2.57. The minimum Gasteiger partial charge on any atom is -0.508 e. The zero-order chi connectivity index (χ0) is 31.3. The zero-order valence-corrected chi connectivity index (χ0v) is 26.1. The minimum atomic E-state index is -1.06. The Hall–Kier alpha value is -4.04. The molecule has 9 heteroatoms. The Bertz CT molecular complexity index is 1450. The van der Waals surface area contributed by atoms with Crippen LogP contribution < -0.4 is 10.6 Å². The van der Waals surface area contributed by atoms with Crippen LogP contribution in [0.1, 0.15) is 68.3 Å². The molecule has 0 aromatic heterocycles. The molecule has 3 aromatic rings. The molecule has 2 atom stereocenters. The highest BCUT2D eigenvalue weighted by Crippen LogP contribution is 2.36. The zero-order valence-electron chi connectivity index (χ0n) is 25.3. The number of para-hydroxylation sites is 1. The molecule has 0 radical (unpaired) electrons. The molecule has 1 saturated carbocycles. The van der Waals surface area contributed by atoms with Crippen molar-refractivity contribution >= 4 is 35.2 Å². The van der Waals surface area contributed by atoms with Crippen molar-refractivity contribution in [1.82, 2.24) is 10.2 Å². The first kappa shape index (κ1) is 31.9. The molecule has 3 amide bonds. The summed E-state index contributed by atoms with van der Waals surface area (Å²) in [7, 11) is 0. The molecule has 4 rings (SSSR count). The average Bonchev–Trinajstić information content (AvgIpc) is 2.90. The SMILES string of the molecule is Cc1cc(C(C(=O)Nc2c(C)cccc2Cl)N(C(=O)C(Cc2ccccc2)NC(=O)OC(C)(C)C)C2CCC2)ccc1O. The number of hydrogen-bond donors (Lipinski definition) is 3. The molecule has 1 aliphatic rings. The number of aromatic hydroxyl groups is 1. The van der Waals surface area contributed by atoms with Crippen molar-refractivity contribution in [2.45, 2.75) is 84.0 Å². The van der Waals surface area contributed by atoms with Gasteiger partial charge in [0.25, 0.3) is 5.91 Å². The summed E-state index contributed by atoms with van der Waals surface area (Å²) < 4.78 is 5.52. The van der Waals surface area contributed by atoms with Gasteiger partial charge in [0.05, 0.1) is 10.7 Å². The molecule has 2 unspecified atom stereocenters. The second-order valence-electron chi connectivity index (χ2n) is 12.1. The number of nitrogens with one attached hydrogen (secondary N) is 2. The van der Waals surface area contributed by atoms with Crippen LogP contribution in [0.15, 0.2) is 66.7 Å². The summed E-state index contributed by atoms with van der Waals surface area (Å²) in [6.45, 7) is 8.85. The van der Waals surface area contributed by atoms with Gasteiger partial charge in [0.15, 0.2) is 0 Å². The maximum absolute atomic E-state index is 14.6. The summed E-state index contributed by atoms with van der Waals surface area (Å²) in [4.78, 5) is 43.5. The van der Waals surface area contributed by atoms with E-state index in [2.05, 4.69) is 10.6 Å². The van der Waals surface area contributed by atoms with Gasteiger partial charge in [0.2, 0.25) is 5.91 Å². The number of nitrogens with zero attached hydrogens (tertiary/aromatic N) is 1. The first-order valence-electron chi connectivity index (χ1n) is 14.5. The maximum Gasteiger partial charge on any atom is 0.408 e. The van der Waals surface area contributed by atoms with Crippen LogP contribution in [0, 0.1) is 13.8 Å². The van der Waals surface area contributed by atoms with E-state index in [0.29, 0.717) is 34.7 Å².